The van der Waals surface area contributed by atoms with Crippen LogP contribution in [0.25, 0.3) is 0 Å². The number of hydrogen-bond donors (Lipinski definition) is 1. The molecular weight excluding hydrogens is 314 g/mol. The molecule has 0 bridgehead atoms. The van der Waals surface area contributed by atoms with E-state index in [4.69, 9.17) is 21.4 Å². The van der Waals surface area contributed by atoms with Gasteiger partial charge in [-0.1, -0.05) is 60.1 Å². The van der Waals surface area contributed by atoms with E-state index in [0.29, 0.717) is 24.5 Å². The van der Waals surface area contributed by atoms with Crippen LogP contribution >= 0.6 is 11.6 Å². The van der Waals surface area contributed by atoms with Gasteiger partial charge in [0.25, 0.3) is 0 Å². The maximum absolute atomic E-state index is 12.3. The van der Waals surface area contributed by atoms with E-state index in [1.165, 1.54) is 0 Å². The normalized spacial score (nSPS) is 10.3. The maximum Gasteiger partial charge on any atom is 0.410 e. The Labute approximate surface area is 141 Å². The van der Waals surface area contributed by atoms with Crippen molar-refractivity contribution in [2.75, 3.05) is 13.2 Å². The Balaban J connectivity index is 1.99. The number of benzene rings is 2. The molecule has 0 aromatic heterocycles. The van der Waals surface area contributed by atoms with Crippen LogP contribution in [0.3, 0.4) is 0 Å². The van der Waals surface area contributed by atoms with Crippen LogP contribution in [-0.4, -0.2) is 29.3 Å². The largest absolute Gasteiger partial charge is 0.445 e. The lowest BCUT2D eigenvalue weighted by atomic mass is 10.2. The second-order valence-corrected chi connectivity index (χ2v) is 5.54. The number of hydrogen-bond acceptors (Lipinski definition) is 3. The van der Waals surface area contributed by atoms with Crippen molar-refractivity contribution in [2.24, 2.45) is 0 Å². The molecule has 2 aromatic rings. The molecule has 23 heavy (non-hydrogen) atoms. The molecule has 0 spiro atoms. The second-order valence-electron chi connectivity index (χ2n) is 5.13. The first-order valence-electron chi connectivity index (χ1n) is 7.50. The summed E-state index contributed by atoms with van der Waals surface area (Å²) >= 11 is 6.15. The van der Waals surface area contributed by atoms with Gasteiger partial charge in [-0.25, -0.2) is 4.79 Å². The fourth-order valence-electron chi connectivity index (χ4n) is 2.14. The number of carbonyl (C=O) groups excluding carboxylic acids is 1. The van der Waals surface area contributed by atoms with Gasteiger partial charge in [-0.3, -0.25) is 0 Å². The van der Waals surface area contributed by atoms with Crippen LogP contribution < -0.4 is 0 Å². The SMILES string of the molecule is O=C(OCc1ccccc1)N(CCCO)Cc1ccccc1Cl. The van der Waals surface area contributed by atoms with Crippen molar-refractivity contribution < 1.29 is 14.6 Å². The molecule has 1 N–H and O–H groups in total. The van der Waals surface area contributed by atoms with Gasteiger partial charge in [0.15, 0.2) is 0 Å². The van der Waals surface area contributed by atoms with Crippen LogP contribution in [0.1, 0.15) is 17.5 Å². The number of aliphatic hydroxyl groups excluding tert-OH is 1. The van der Waals surface area contributed by atoms with Gasteiger partial charge in [-0.2, -0.15) is 0 Å². The zero-order valence-corrected chi connectivity index (χ0v) is 13.6. The molecule has 0 aliphatic heterocycles. The minimum absolute atomic E-state index is 0.0188. The first-order valence-corrected chi connectivity index (χ1v) is 7.88. The Hall–Kier alpha value is -2.04. The Bertz CT molecular complexity index is 619. The van der Waals surface area contributed by atoms with Gasteiger partial charge in [0.05, 0.1) is 6.54 Å². The molecule has 0 fully saturated rings. The zero-order chi connectivity index (χ0) is 16.5. The van der Waals surface area contributed by atoms with Crippen molar-refractivity contribution in [3.63, 3.8) is 0 Å². The molecule has 1 amide bonds. The second kappa shape index (κ2) is 9.18. The lowest BCUT2D eigenvalue weighted by Crippen LogP contribution is -2.32. The number of carbonyl (C=O) groups is 1. The van der Waals surface area contributed by atoms with Crippen LogP contribution in [-0.2, 0) is 17.9 Å². The first kappa shape index (κ1) is 17.3. The van der Waals surface area contributed by atoms with E-state index in [2.05, 4.69) is 0 Å². The number of nitrogens with zero attached hydrogens (tertiary/aromatic N) is 1. The zero-order valence-electron chi connectivity index (χ0n) is 12.8. The molecule has 0 aliphatic carbocycles. The van der Waals surface area contributed by atoms with E-state index < -0.39 is 6.09 Å². The smallest absolute Gasteiger partial charge is 0.410 e. The number of ether oxygens (including phenoxy) is 1. The topological polar surface area (TPSA) is 49.8 Å². The Morgan fingerprint density at radius 2 is 1.78 bits per heavy atom. The van der Waals surface area contributed by atoms with Crippen molar-refractivity contribution in [1.29, 1.82) is 0 Å². The van der Waals surface area contributed by atoms with Gasteiger partial charge >= 0.3 is 6.09 Å². The van der Waals surface area contributed by atoms with Gasteiger partial charge in [0, 0.05) is 18.2 Å². The molecule has 122 valence electrons. The molecule has 0 atom stereocenters. The number of aliphatic hydroxyl groups is 1. The number of rotatable bonds is 7. The predicted octanol–water partition coefficient (Wildman–Crippen LogP) is 3.86. The lowest BCUT2D eigenvalue weighted by Gasteiger charge is -2.22. The molecule has 0 radical (unpaired) electrons. The summed E-state index contributed by atoms with van der Waals surface area (Å²) in [6.45, 7) is 1.01. The van der Waals surface area contributed by atoms with E-state index in [-0.39, 0.29) is 13.2 Å². The lowest BCUT2D eigenvalue weighted by molar-refractivity contribution is 0.0910. The minimum Gasteiger partial charge on any atom is -0.445 e. The molecule has 0 unspecified atom stereocenters. The highest BCUT2D eigenvalue weighted by Crippen LogP contribution is 2.18. The summed E-state index contributed by atoms with van der Waals surface area (Å²) in [5, 5.41) is 9.63. The molecule has 0 saturated carbocycles. The molecule has 0 heterocycles. The summed E-state index contributed by atoms with van der Waals surface area (Å²) < 4.78 is 5.36. The van der Waals surface area contributed by atoms with Crippen LogP contribution in [0.5, 0.6) is 0 Å². The van der Waals surface area contributed by atoms with Crippen molar-refractivity contribution in [1.82, 2.24) is 4.90 Å². The Kier molecular flexibility index (Phi) is 6.91. The third-order valence-corrected chi connectivity index (χ3v) is 3.74. The van der Waals surface area contributed by atoms with Gasteiger partial charge in [0.2, 0.25) is 0 Å². The van der Waals surface area contributed by atoms with Crippen molar-refractivity contribution in [3.05, 3.63) is 70.7 Å². The van der Waals surface area contributed by atoms with Gasteiger partial charge < -0.3 is 14.7 Å². The summed E-state index contributed by atoms with van der Waals surface area (Å²) in [5.41, 5.74) is 1.78. The molecule has 5 heteroatoms. The highest BCUT2D eigenvalue weighted by atomic mass is 35.5. The first-order chi connectivity index (χ1) is 11.2. The van der Waals surface area contributed by atoms with Crippen LogP contribution in [0, 0.1) is 0 Å². The van der Waals surface area contributed by atoms with Crippen molar-refractivity contribution in [2.45, 2.75) is 19.6 Å². The summed E-state index contributed by atoms with van der Waals surface area (Å²) in [6.07, 6.45) is 0.0764. The summed E-state index contributed by atoms with van der Waals surface area (Å²) in [6, 6.07) is 16.9. The van der Waals surface area contributed by atoms with Gasteiger partial charge in [-0.05, 0) is 23.6 Å². The monoisotopic (exact) mass is 333 g/mol. The highest BCUT2D eigenvalue weighted by Gasteiger charge is 2.16. The van der Waals surface area contributed by atoms with Crippen LogP contribution in [0.4, 0.5) is 4.79 Å². The van der Waals surface area contributed by atoms with Crippen LogP contribution in [0.15, 0.2) is 54.6 Å². The van der Waals surface area contributed by atoms with Crippen molar-refractivity contribution >= 4 is 17.7 Å². The third kappa shape index (κ3) is 5.58. The summed E-state index contributed by atoms with van der Waals surface area (Å²) in [5.74, 6) is 0. The van der Waals surface area contributed by atoms with Crippen molar-refractivity contribution in [3.8, 4) is 0 Å². The molecule has 0 aliphatic rings. The minimum atomic E-state index is -0.415. The number of halogens is 1. The van der Waals surface area contributed by atoms with E-state index in [1.807, 2.05) is 48.5 Å². The van der Waals surface area contributed by atoms with Gasteiger partial charge in [0.1, 0.15) is 6.61 Å². The quantitative estimate of drug-likeness (QED) is 0.837. The standard InChI is InChI=1S/C18H20ClNO3/c19-17-10-5-4-9-16(17)13-20(11-6-12-21)18(22)23-14-15-7-2-1-3-8-15/h1-5,7-10,21H,6,11-14H2. The fraction of sp³-hybridized carbons (Fsp3) is 0.278. The Morgan fingerprint density at radius 1 is 1.09 bits per heavy atom. The molecular formula is C18H20ClNO3. The van der Waals surface area contributed by atoms with E-state index in [1.54, 1.807) is 11.0 Å². The Morgan fingerprint density at radius 3 is 2.48 bits per heavy atom. The molecule has 4 nitrogen and oxygen atoms in total. The highest BCUT2D eigenvalue weighted by molar-refractivity contribution is 6.31. The molecule has 2 rings (SSSR count). The third-order valence-electron chi connectivity index (χ3n) is 3.37. The van der Waals surface area contributed by atoms with E-state index in [0.717, 1.165) is 11.1 Å². The maximum atomic E-state index is 12.3. The average Bonchev–Trinajstić information content (AvgIpc) is 2.59. The molecule has 2 aromatic carbocycles. The predicted molar refractivity (Wildman–Crippen MR) is 90.2 cm³/mol. The average molecular weight is 334 g/mol. The van der Waals surface area contributed by atoms with Crippen LogP contribution in [0.2, 0.25) is 5.02 Å². The summed E-state index contributed by atoms with van der Waals surface area (Å²) in [7, 11) is 0. The fourth-order valence-corrected chi connectivity index (χ4v) is 2.33. The van der Waals surface area contributed by atoms with Gasteiger partial charge in [-0.15, -0.1) is 0 Å². The van der Waals surface area contributed by atoms with E-state index in [9.17, 15) is 4.79 Å². The number of amides is 1. The summed E-state index contributed by atoms with van der Waals surface area (Å²) in [4.78, 5) is 13.9. The molecule has 0 saturated heterocycles. The van der Waals surface area contributed by atoms with E-state index >= 15 is 0 Å².